The Labute approximate surface area is 129 Å². The van der Waals surface area contributed by atoms with Crippen molar-refractivity contribution in [3.8, 4) is 0 Å². The lowest BCUT2D eigenvalue weighted by Gasteiger charge is -2.22. The van der Waals surface area contributed by atoms with Gasteiger partial charge in [-0.2, -0.15) is 22.7 Å². The second kappa shape index (κ2) is 5.60. The zero-order valence-corrected chi connectivity index (χ0v) is 12.6. The van der Waals surface area contributed by atoms with Crippen molar-refractivity contribution in [3.05, 3.63) is 17.6 Å². The molecule has 1 aliphatic rings. The molecule has 1 aliphatic heterocycles. The summed E-state index contributed by atoms with van der Waals surface area (Å²) in [6.07, 6.45) is -4.07. The number of alkyl halides is 3. The summed E-state index contributed by atoms with van der Waals surface area (Å²) >= 11 is 0. The maximum atomic E-state index is 12.7. The Morgan fingerprint density at radius 3 is 2.65 bits per heavy atom. The molecule has 23 heavy (non-hydrogen) atoms. The molecule has 3 heterocycles. The van der Waals surface area contributed by atoms with Gasteiger partial charge in [0.25, 0.3) is 11.6 Å². The van der Waals surface area contributed by atoms with Crippen LogP contribution in [0, 0.1) is 6.92 Å². The fraction of sp³-hybridized carbons (Fsp3) is 0.615. The van der Waals surface area contributed by atoms with Crippen molar-refractivity contribution in [2.75, 3.05) is 25.1 Å². The molecular formula is C13H16F3N5O2. The molecule has 1 saturated heterocycles. The van der Waals surface area contributed by atoms with Gasteiger partial charge in [0, 0.05) is 24.7 Å². The molecule has 0 aromatic carbocycles. The molecule has 0 spiro atoms. The minimum Gasteiger partial charge on any atom is -0.370 e. The van der Waals surface area contributed by atoms with Gasteiger partial charge in [0.15, 0.2) is 5.79 Å². The van der Waals surface area contributed by atoms with Crippen LogP contribution in [0.15, 0.2) is 6.07 Å². The van der Waals surface area contributed by atoms with Gasteiger partial charge in [-0.05, 0) is 13.8 Å². The number of halogens is 3. The van der Waals surface area contributed by atoms with Crippen LogP contribution in [0.3, 0.4) is 0 Å². The first kappa shape index (κ1) is 15.9. The number of ether oxygens (including phenoxy) is 2. The van der Waals surface area contributed by atoms with Crippen molar-refractivity contribution in [2.24, 2.45) is 0 Å². The summed E-state index contributed by atoms with van der Waals surface area (Å²) in [5.74, 6) is -1.60. The fourth-order valence-corrected chi connectivity index (χ4v) is 2.35. The standard InChI is InChI=1S/C13H16F3N5O2/c1-8-7-9(17-4-3-12(2)22-5-6-23-12)21-11(18-8)19-10(20-21)13(14,15)16/h7,17H,3-6H2,1-2H3. The number of anilines is 1. The number of nitrogens with one attached hydrogen (secondary N) is 1. The Morgan fingerprint density at radius 1 is 1.30 bits per heavy atom. The second-order valence-electron chi connectivity index (χ2n) is 5.44. The molecule has 10 heteroatoms. The van der Waals surface area contributed by atoms with E-state index in [-0.39, 0.29) is 5.78 Å². The lowest BCUT2D eigenvalue weighted by molar-refractivity contribution is -0.144. The number of aromatic nitrogens is 4. The second-order valence-corrected chi connectivity index (χ2v) is 5.44. The van der Waals surface area contributed by atoms with Gasteiger partial charge in [0.05, 0.1) is 13.2 Å². The molecule has 0 unspecified atom stereocenters. The first-order chi connectivity index (χ1) is 10.8. The number of nitrogens with zero attached hydrogens (tertiary/aromatic N) is 4. The highest BCUT2D eigenvalue weighted by molar-refractivity contribution is 5.45. The highest BCUT2D eigenvalue weighted by atomic mass is 19.4. The van der Waals surface area contributed by atoms with E-state index in [2.05, 4.69) is 20.4 Å². The first-order valence-corrected chi connectivity index (χ1v) is 7.10. The number of rotatable bonds is 4. The molecule has 2 aromatic rings. The Bertz CT molecular complexity index is 709. The summed E-state index contributed by atoms with van der Waals surface area (Å²) in [6.45, 7) is 5.01. The van der Waals surface area contributed by atoms with Crippen molar-refractivity contribution < 1.29 is 22.6 Å². The predicted octanol–water partition coefficient (Wildman–Crippen LogP) is 2.02. The SMILES string of the molecule is Cc1cc(NCCC2(C)OCCO2)n2nc(C(F)(F)F)nc2n1. The predicted molar refractivity (Wildman–Crippen MR) is 73.9 cm³/mol. The summed E-state index contributed by atoms with van der Waals surface area (Å²) in [4.78, 5) is 7.40. The molecule has 1 fully saturated rings. The summed E-state index contributed by atoms with van der Waals surface area (Å²) < 4.78 is 50.2. The molecule has 3 rings (SSSR count). The third-order valence-corrected chi connectivity index (χ3v) is 3.48. The summed E-state index contributed by atoms with van der Waals surface area (Å²) in [5.41, 5.74) is 0.542. The van der Waals surface area contributed by atoms with Crippen molar-refractivity contribution in [2.45, 2.75) is 32.2 Å². The van der Waals surface area contributed by atoms with Crippen molar-refractivity contribution in [1.82, 2.24) is 19.6 Å². The van der Waals surface area contributed by atoms with Crippen molar-refractivity contribution in [1.29, 1.82) is 0 Å². The van der Waals surface area contributed by atoms with Crippen LogP contribution in [0.2, 0.25) is 0 Å². The molecule has 0 radical (unpaired) electrons. The molecule has 0 atom stereocenters. The summed E-state index contributed by atoms with van der Waals surface area (Å²) in [7, 11) is 0. The fourth-order valence-electron chi connectivity index (χ4n) is 2.35. The maximum absolute atomic E-state index is 12.7. The minimum atomic E-state index is -4.61. The molecule has 2 aromatic heterocycles. The van der Waals surface area contributed by atoms with Gasteiger partial charge in [-0.1, -0.05) is 0 Å². The van der Waals surface area contributed by atoms with Crippen molar-refractivity contribution >= 4 is 11.6 Å². The Balaban J connectivity index is 1.80. The lowest BCUT2D eigenvalue weighted by Crippen LogP contribution is -2.28. The van der Waals surface area contributed by atoms with E-state index in [0.717, 1.165) is 4.52 Å². The monoisotopic (exact) mass is 331 g/mol. The smallest absolute Gasteiger partial charge is 0.370 e. The molecule has 0 amide bonds. The molecular weight excluding hydrogens is 315 g/mol. The van der Waals surface area contributed by atoms with Gasteiger partial charge in [-0.3, -0.25) is 0 Å². The van der Waals surface area contributed by atoms with Crippen LogP contribution in [0.5, 0.6) is 0 Å². The molecule has 7 nitrogen and oxygen atoms in total. The average molecular weight is 331 g/mol. The number of hydrogen-bond acceptors (Lipinski definition) is 6. The van der Waals surface area contributed by atoms with Gasteiger partial charge in [0.1, 0.15) is 5.82 Å². The lowest BCUT2D eigenvalue weighted by atomic mass is 10.2. The van der Waals surface area contributed by atoms with E-state index < -0.39 is 17.8 Å². The molecule has 1 N–H and O–H groups in total. The highest BCUT2D eigenvalue weighted by Gasteiger charge is 2.37. The van der Waals surface area contributed by atoms with Crippen LogP contribution < -0.4 is 5.32 Å². The first-order valence-electron chi connectivity index (χ1n) is 7.10. The van der Waals surface area contributed by atoms with Crippen LogP contribution in [0.25, 0.3) is 5.78 Å². The van der Waals surface area contributed by atoms with E-state index in [4.69, 9.17) is 9.47 Å². The van der Waals surface area contributed by atoms with Gasteiger partial charge in [-0.25, -0.2) is 4.98 Å². The molecule has 0 aliphatic carbocycles. The topological polar surface area (TPSA) is 73.6 Å². The van der Waals surface area contributed by atoms with Gasteiger partial charge >= 0.3 is 6.18 Å². The third-order valence-electron chi connectivity index (χ3n) is 3.48. The molecule has 126 valence electrons. The summed E-state index contributed by atoms with van der Waals surface area (Å²) in [5, 5.41) is 6.52. The van der Waals surface area contributed by atoms with Crippen LogP contribution in [0.4, 0.5) is 19.0 Å². The summed E-state index contributed by atoms with van der Waals surface area (Å²) in [6, 6.07) is 1.61. The van der Waals surface area contributed by atoms with E-state index in [1.54, 1.807) is 13.0 Å². The number of fused-ring (bicyclic) bond motifs is 1. The van der Waals surface area contributed by atoms with Crippen LogP contribution >= 0.6 is 0 Å². The Kier molecular flexibility index (Phi) is 3.88. The average Bonchev–Trinajstić information content (AvgIpc) is 3.04. The van der Waals surface area contributed by atoms with Crippen molar-refractivity contribution in [3.63, 3.8) is 0 Å². The largest absolute Gasteiger partial charge is 0.453 e. The van der Waals surface area contributed by atoms with Crippen LogP contribution in [-0.4, -0.2) is 45.1 Å². The zero-order valence-electron chi connectivity index (χ0n) is 12.6. The Morgan fingerprint density at radius 2 is 2.00 bits per heavy atom. The number of aryl methyl sites for hydroxylation is 1. The molecule has 0 saturated carbocycles. The van der Waals surface area contributed by atoms with Gasteiger partial charge in [-0.15, -0.1) is 5.10 Å². The van der Waals surface area contributed by atoms with E-state index in [0.29, 0.717) is 37.7 Å². The normalized spacial score (nSPS) is 17.8. The number of hydrogen-bond donors (Lipinski definition) is 1. The quantitative estimate of drug-likeness (QED) is 0.924. The third kappa shape index (κ3) is 3.37. The zero-order chi connectivity index (χ0) is 16.7. The maximum Gasteiger partial charge on any atom is 0.453 e. The van der Waals surface area contributed by atoms with E-state index in [1.165, 1.54) is 0 Å². The minimum absolute atomic E-state index is 0.0978. The van der Waals surface area contributed by atoms with Gasteiger partial charge < -0.3 is 14.8 Å². The van der Waals surface area contributed by atoms with E-state index in [1.807, 2.05) is 6.92 Å². The van der Waals surface area contributed by atoms with E-state index >= 15 is 0 Å². The van der Waals surface area contributed by atoms with Crippen LogP contribution in [0.1, 0.15) is 24.9 Å². The highest BCUT2D eigenvalue weighted by Crippen LogP contribution is 2.27. The Hall–Kier alpha value is -1.94. The molecule has 0 bridgehead atoms. The van der Waals surface area contributed by atoms with Crippen LogP contribution in [-0.2, 0) is 15.7 Å². The van der Waals surface area contributed by atoms with E-state index in [9.17, 15) is 13.2 Å². The van der Waals surface area contributed by atoms with Gasteiger partial charge in [0.2, 0.25) is 0 Å².